The molecule has 1 amide bonds. The van der Waals surface area contributed by atoms with Crippen molar-refractivity contribution in [3.8, 4) is 5.75 Å². The molecule has 0 saturated heterocycles. The number of aliphatic hydroxyl groups excluding tert-OH is 2. The van der Waals surface area contributed by atoms with Crippen LogP contribution in [0.5, 0.6) is 5.75 Å². The number of carbonyl (C=O) groups is 4. The van der Waals surface area contributed by atoms with Crippen LogP contribution in [-0.2, 0) is 30.3 Å². The number of allylic oxidation sites excluding steroid dienone is 7. The number of phenols is 1. The van der Waals surface area contributed by atoms with E-state index in [1.165, 1.54) is 6.07 Å². The number of ether oxygens (including phenoxy) is 1. The van der Waals surface area contributed by atoms with E-state index < -0.39 is 52.7 Å². The van der Waals surface area contributed by atoms with Crippen LogP contribution in [0.3, 0.4) is 0 Å². The van der Waals surface area contributed by atoms with Crippen molar-refractivity contribution in [3.63, 3.8) is 0 Å². The first-order valence-corrected chi connectivity index (χ1v) is 15.2. The van der Waals surface area contributed by atoms with E-state index in [0.717, 1.165) is 16.7 Å². The third kappa shape index (κ3) is 4.86. The van der Waals surface area contributed by atoms with Gasteiger partial charge in [0.1, 0.15) is 17.4 Å². The number of fused-ring (bicyclic) bond motifs is 4. The van der Waals surface area contributed by atoms with E-state index in [9.17, 15) is 39.6 Å². The molecule has 5 aliphatic rings. The molecule has 0 aliphatic heterocycles. The van der Waals surface area contributed by atoms with Crippen molar-refractivity contribution < 1.29 is 44.3 Å². The third-order valence-electron chi connectivity index (χ3n) is 9.88. The summed E-state index contributed by atoms with van der Waals surface area (Å²) in [5, 5.41) is 47.7. The van der Waals surface area contributed by atoms with E-state index in [4.69, 9.17) is 10.5 Å². The van der Waals surface area contributed by atoms with Gasteiger partial charge >= 0.3 is 5.97 Å². The number of amides is 1. The normalized spacial score (nSPS) is 31.7. The van der Waals surface area contributed by atoms with Crippen molar-refractivity contribution in [1.29, 1.82) is 0 Å². The van der Waals surface area contributed by atoms with E-state index in [1.54, 1.807) is 13.0 Å². The Morgan fingerprint density at radius 2 is 1.82 bits per heavy atom. The maximum Gasteiger partial charge on any atom is 0.319 e. The molecule has 5 aliphatic carbocycles. The van der Waals surface area contributed by atoms with Crippen molar-refractivity contribution in [1.82, 2.24) is 5.32 Å². The van der Waals surface area contributed by atoms with Crippen molar-refractivity contribution in [2.75, 3.05) is 19.7 Å². The average molecular weight is 617 g/mol. The van der Waals surface area contributed by atoms with Gasteiger partial charge in [-0.1, -0.05) is 42.5 Å². The molecule has 0 heterocycles. The molecule has 11 heteroatoms. The molecule has 45 heavy (non-hydrogen) atoms. The van der Waals surface area contributed by atoms with E-state index in [1.807, 2.05) is 24.3 Å². The SMILES string of the molecule is CCOC(=O)CNCC1=CC=C(c2ccc(O)c3c2C[C@H]2C[C@H]4CC(O)C(C(N)=O)C(=O)[C@@]4(O)C(=O)C2=C3O)C2C=CC=CC12. The zero-order valence-corrected chi connectivity index (χ0v) is 24.7. The monoisotopic (exact) mass is 616 g/mol. The second-order valence-corrected chi connectivity index (χ2v) is 12.3. The fourth-order valence-electron chi connectivity index (χ4n) is 7.84. The molecule has 2 saturated carbocycles. The molecular weight excluding hydrogens is 580 g/mol. The van der Waals surface area contributed by atoms with Crippen LogP contribution < -0.4 is 11.1 Å². The molecule has 7 N–H and O–H groups in total. The molecule has 0 bridgehead atoms. The molecule has 0 radical (unpaired) electrons. The maximum absolute atomic E-state index is 13.8. The zero-order chi connectivity index (χ0) is 32.2. The summed E-state index contributed by atoms with van der Waals surface area (Å²) in [7, 11) is 0. The summed E-state index contributed by atoms with van der Waals surface area (Å²) in [5.41, 5.74) is 6.00. The van der Waals surface area contributed by atoms with Crippen LogP contribution in [0, 0.1) is 29.6 Å². The lowest BCUT2D eigenvalue weighted by Crippen LogP contribution is -2.66. The van der Waals surface area contributed by atoms with Crippen molar-refractivity contribution in [2.45, 2.75) is 37.9 Å². The lowest BCUT2D eigenvalue weighted by Gasteiger charge is -2.48. The minimum atomic E-state index is -2.62. The molecule has 2 fully saturated rings. The first kappa shape index (κ1) is 30.7. The summed E-state index contributed by atoms with van der Waals surface area (Å²) < 4.78 is 5.00. The number of primary amides is 1. The summed E-state index contributed by atoms with van der Waals surface area (Å²) in [4.78, 5) is 50.8. The molecule has 7 atom stereocenters. The Hall–Kier alpha value is -4.32. The molecule has 236 valence electrons. The Bertz CT molecular complexity index is 1650. The fourth-order valence-corrected chi connectivity index (χ4v) is 7.84. The highest BCUT2D eigenvalue weighted by molar-refractivity contribution is 6.24. The summed E-state index contributed by atoms with van der Waals surface area (Å²) in [5.74, 6) is -7.88. The number of rotatable bonds is 7. The number of ketones is 2. The number of benzene rings is 1. The number of Topliss-reactive ketones (excluding diaryl/α,β-unsaturated/α-hetero) is 2. The van der Waals surface area contributed by atoms with Crippen LogP contribution in [0.1, 0.15) is 36.5 Å². The Balaban J connectivity index is 1.38. The Kier molecular flexibility index (Phi) is 7.88. The maximum atomic E-state index is 13.8. The van der Waals surface area contributed by atoms with Gasteiger partial charge in [-0.05, 0) is 60.4 Å². The summed E-state index contributed by atoms with van der Waals surface area (Å²) in [6.45, 7) is 2.62. The van der Waals surface area contributed by atoms with Crippen molar-refractivity contribution >= 4 is 34.8 Å². The molecule has 4 unspecified atom stereocenters. The van der Waals surface area contributed by atoms with Gasteiger partial charge in [-0.3, -0.25) is 19.2 Å². The quantitative estimate of drug-likeness (QED) is 0.193. The van der Waals surface area contributed by atoms with E-state index in [-0.39, 0.29) is 60.5 Å². The standard InChI is InChI=1S/C34H36N2O9/c1-2-45-26(39)15-36-14-16-7-8-21(20-6-4-3-5-19(16)20)22-9-10-24(37)28-23(22)12-17-11-18-13-25(38)29(33(35)43)32(42)34(18,44)31(41)27(17)30(28)40/h3-10,17-20,25,29,36-38,40,44H,2,11-15H2,1H3,(H2,35,43)/t17-,18+,19?,20?,25?,29?,34+/m1/s1. The predicted octanol–water partition coefficient (Wildman–Crippen LogP) is 1.42. The van der Waals surface area contributed by atoms with Crippen LogP contribution in [0.2, 0.25) is 0 Å². The van der Waals surface area contributed by atoms with Crippen LogP contribution in [0.25, 0.3) is 11.3 Å². The first-order chi connectivity index (χ1) is 21.5. The number of phenolic OH excluding ortho intramolecular Hbond substituents is 1. The Labute approximate surface area is 259 Å². The van der Waals surface area contributed by atoms with E-state index >= 15 is 0 Å². The number of hydrogen-bond acceptors (Lipinski definition) is 10. The number of nitrogens with one attached hydrogen (secondary N) is 1. The summed E-state index contributed by atoms with van der Waals surface area (Å²) in [6, 6.07) is 3.23. The second-order valence-electron chi connectivity index (χ2n) is 12.3. The van der Waals surface area contributed by atoms with Crippen LogP contribution >= 0.6 is 0 Å². The van der Waals surface area contributed by atoms with Gasteiger partial charge in [0.25, 0.3) is 0 Å². The van der Waals surface area contributed by atoms with Gasteiger partial charge < -0.3 is 36.2 Å². The van der Waals surface area contributed by atoms with Crippen molar-refractivity contribution in [2.24, 2.45) is 35.3 Å². The highest BCUT2D eigenvalue weighted by Gasteiger charge is 2.64. The van der Waals surface area contributed by atoms with E-state index in [2.05, 4.69) is 17.5 Å². The molecule has 1 aromatic rings. The minimum Gasteiger partial charge on any atom is -0.507 e. The number of aliphatic hydroxyl groups is 3. The lowest BCUT2D eigenvalue weighted by molar-refractivity contribution is -0.174. The number of esters is 1. The van der Waals surface area contributed by atoms with Gasteiger partial charge in [0.05, 0.1) is 24.8 Å². The van der Waals surface area contributed by atoms with Crippen LogP contribution in [0.4, 0.5) is 0 Å². The molecule has 11 nitrogen and oxygen atoms in total. The molecule has 0 aromatic heterocycles. The van der Waals surface area contributed by atoms with Crippen molar-refractivity contribution in [3.05, 3.63) is 76.4 Å². The second kappa shape index (κ2) is 11.6. The summed E-state index contributed by atoms with van der Waals surface area (Å²) in [6.07, 6.45) is 10.8. The Morgan fingerprint density at radius 3 is 2.53 bits per heavy atom. The topological polar surface area (TPSA) is 196 Å². The highest BCUT2D eigenvalue weighted by Crippen LogP contribution is 2.53. The zero-order valence-electron chi connectivity index (χ0n) is 24.7. The number of hydrogen-bond donors (Lipinski definition) is 6. The van der Waals surface area contributed by atoms with Gasteiger partial charge in [-0.15, -0.1) is 0 Å². The van der Waals surface area contributed by atoms with Gasteiger partial charge in [0.2, 0.25) is 11.7 Å². The Morgan fingerprint density at radius 1 is 1.09 bits per heavy atom. The molecule has 1 aromatic carbocycles. The van der Waals surface area contributed by atoms with Gasteiger partial charge in [-0.25, -0.2) is 0 Å². The van der Waals surface area contributed by atoms with Crippen LogP contribution in [0.15, 0.2) is 59.7 Å². The predicted molar refractivity (Wildman–Crippen MR) is 162 cm³/mol. The highest BCUT2D eigenvalue weighted by atomic mass is 16.5. The first-order valence-electron chi connectivity index (χ1n) is 15.2. The smallest absolute Gasteiger partial charge is 0.319 e. The molecular formula is C34H36N2O9. The van der Waals surface area contributed by atoms with E-state index in [0.29, 0.717) is 18.7 Å². The minimum absolute atomic E-state index is 0.0170. The molecule has 6 rings (SSSR count). The van der Waals surface area contributed by atoms with Crippen LogP contribution in [-0.4, -0.2) is 75.3 Å². The van der Waals surface area contributed by atoms with Gasteiger partial charge in [0, 0.05) is 29.9 Å². The molecule has 0 spiro atoms. The van der Waals surface area contributed by atoms with Gasteiger partial charge in [-0.2, -0.15) is 0 Å². The lowest BCUT2D eigenvalue weighted by atomic mass is 9.56. The summed E-state index contributed by atoms with van der Waals surface area (Å²) >= 11 is 0. The number of nitrogens with two attached hydrogens (primary N) is 1. The fraction of sp³-hybridized carbons (Fsp3) is 0.412. The number of aromatic hydroxyl groups is 1. The largest absolute Gasteiger partial charge is 0.507 e. The third-order valence-corrected chi connectivity index (χ3v) is 9.88. The van der Waals surface area contributed by atoms with Gasteiger partial charge in [0.15, 0.2) is 11.4 Å². The average Bonchev–Trinajstić information content (AvgIpc) is 2.99. The number of carbonyl (C=O) groups excluding carboxylic acids is 4.